The van der Waals surface area contributed by atoms with E-state index in [0.717, 1.165) is 4.31 Å². The molecule has 1 saturated heterocycles. The summed E-state index contributed by atoms with van der Waals surface area (Å²) in [6, 6.07) is 6.96. The second kappa shape index (κ2) is 8.15. The number of nitrogens with one attached hydrogen (secondary N) is 1. The van der Waals surface area contributed by atoms with Crippen LogP contribution in [0.2, 0.25) is 0 Å². The van der Waals surface area contributed by atoms with Gasteiger partial charge >= 0.3 is 12.4 Å². The van der Waals surface area contributed by atoms with Crippen molar-refractivity contribution < 1.29 is 39.6 Å². The molecule has 5 nitrogen and oxygen atoms in total. The van der Waals surface area contributed by atoms with E-state index in [9.17, 15) is 39.6 Å². The number of rotatable bonds is 3. The maximum Gasteiger partial charge on any atom is 0.416 e. The first-order chi connectivity index (χ1) is 14.3. The zero-order chi connectivity index (χ0) is 23.0. The normalized spacial score (nSPS) is 19.0. The maximum absolute atomic E-state index is 13.2. The first-order valence-electron chi connectivity index (χ1n) is 8.93. The molecule has 0 bridgehead atoms. The van der Waals surface area contributed by atoms with Crippen molar-refractivity contribution in [2.75, 3.05) is 13.1 Å². The third kappa shape index (κ3) is 5.01. The molecule has 168 valence electrons. The fourth-order valence-electron chi connectivity index (χ4n) is 3.27. The fourth-order valence-corrected chi connectivity index (χ4v) is 4.95. The molecule has 2 aromatic carbocycles. The van der Waals surface area contributed by atoms with Crippen molar-refractivity contribution in [1.82, 2.24) is 9.62 Å². The van der Waals surface area contributed by atoms with Crippen molar-refractivity contribution in [2.45, 2.75) is 29.7 Å². The number of halogens is 6. The van der Waals surface area contributed by atoms with Crippen molar-refractivity contribution in [3.63, 3.8) is 0 Å². The van der Waals surface area contributed by atoms with E-state index >= 15 is 0 Å². The van der Waals surface area contributed by atoms with Crippen LogP contribution in [0.3, 0.4) is 0 Å². The highest BCUT2D eigenvalue weighted by Crippen LogP contribution is 2.39. The second-order valence-corrected chi connectivity index (χ2v) is 8.73. The molecule has 0 spiro atoms. The number of carbonyl (C=O) groups excluding carboxylic acids is 1. The zero-order valence-electron chi connectivity index (χ0n) is 15.7. The van der Waals surface area contributed by atoms with Crippen molar-refractivity contribution in [3.05, 3.63) is 65.2 Å². The molecule has 0 saturated carbocycles. The summed E-state index contributed by atoms with van der Waals surface area (Å²) in [6.45, 7) is -0.474. The lowest BCUT2D eigenvalue weighted by Crippen LogP contribution is -2.36. The lowest BCUT2D eigenvalue weighted by atomic mass is 10.0. The molecule has 1 aliphatic heterocycles. The molecule has 0 radical (unpaired) electrons. The van der Waals surface area contributed by atoms with Crippen LogP contribution in [0, 0.1) is 0 Å². The molecule has 31 heavy (non-hydrogen) atoms. The van der Waals surface area contributed by atoms with Crippen LogP contribution in [-0.2, 0) is 27.2 Å². The molecule has 1 fully saturated rings. The number of sulfonamides is 1. The summed E-state index contributed by atoms with van der Waals surface area (Å²) in [4.78, 5) is 10.9. The van der Waals surface area contributed by atoms with Gasteiger partial charge in [-0.2, -0.15) is 30.6 Å². The van der Waals surface area contributed by atoms with Gasteiger partial charge in [0.1, 0.15) is 0 Å². The van der Waals surface area contributed by atoms with Gasteiger partial charge < -0.3 is 5.32 Å². The van der Waals surface area contributed by atoms with Gasteiger partial charge in [-0.25, -0.2) is 8.42 Å². The van der Waals surface area contributed by atoms with Gasteiger partial charge in [0.15, 0.2) is 0 Å². The number of nitrogens with zero attached hydrogens (tertiary/aromatic N) is 1. The summed E-state index contributed by atoms with van der Waals surface area (Å²) >= 11 is 0. The number of amides is 1. The van der Waals surface area contributed by atoms with Crippen molar-refractivity contribution in [3.8, 4) is 0 Å². The van der Waals surface area contributed by atoms with Crippen LogP contribution >= 0.6 is 0 Å². The zero-order valence-corrected chi connectivity index (χ0v) is 16.5. The first kappa shape index (κ1) is 23.1. The molecule has 0 aliphatic carbocycles. The summed E-state index contributed by atoms with van der Waals surface area (Å²) in [5, 5.41) is 2.46. The van der Waals surface area contributed by atoms with Gasteiger partial charge in [-0.05, 0) is 23.8 Å². The molecule has 1 amide bonds. The highest BCUT2D eigenvalue weighted by Gasteiger charge is 2.41. The average Bonchev–Trinajstić information content (AvgIpc) is 2.89. The van der Waals surface area contributed by atoms with Gasteiger partial charge in [-0.3, -0.25) is 4.79 Å². The average molecular weight is 466 g/mol. The number of carbonyl (C=O) groups is 1. The highest BCUT2D eigenvalue weighted by molar-refractivity contribution is 7.89. The second-order valence-electron chi connectivity index (χ2n) is 6.84. The Hall–Kier alpha value is -2.60. The minimum atomic E-state index is -5.19. The van der Waals surface area contributed by atoms with E-state index in [4.69, 9.17) is 0 Å². The summed E-state index contributed by atoms with van der Waals surface area (Å²) in [7, 11) is -4.83. The SMILES string of the molecule is O=C1CC(c2ccccc2)N(S(=O)(=O)c2cc(C(F)(F)F)cc(C(F)(F)F)c2)CCN1. The lowest BCUT2D eigenvalue weighted by molar-refractivity contribution is -0.143. The lowest BCUT2D eigenvalue weighted by Gasteiger charge is -2.29. The smallest absolute Gasteiger partial charge is 0.355 e. The molecule has 1 aliphatic rings. The quantitative estimate of drug-likeness (QED) is 0.697. The van der Waals surface area contributed by atoms with E-state index in [2.05, 4.69) is 5.32 Å². The Labute approximate surface area is 173 Å². The van der Waals surface area contributed by atoms with Crippen LogP contribution < -0.4 is 5.32 Å². The summed E-state index contributed by atoms with van der Waals surface area (Å²) in [6.07, 6.45) is -10.7. The van der Waals surface area contributed by atoms with E-state index in [1.165, 1.54) is 12.1 Å². The number of benzene rings is 2. The van der Waals surface area contributed by atoms with Gasteiger partial charge in [0.2, 0.25) is 15.9 Å². The third-order valence-electron chi connectivity index (χ3n) is 4.73. The third-order valence-corrected chi connectivity index (χ3v) is 6.62. The number of hydrogen-bond acceptors (Lipinski definition) is 3. The number of alkyl halides is 6. The van der Waals surface area contributed by atoms with Crippen LogP contribution in [0.25, 0.3) is 0 Å². The van der Waals surface area contributed by atoms with Crippen molar-refractivity contribution >= 4 is 15.9 Å². The Kier molecular flexibility index (Phi) is 6.07. The molecule has 1 atom stereocenters. The Morgan fingerprint density at radius 1 is 0.903 bits per heavy atom. The Morgan fingerprint density at radius 3 is 1.97 bits per heavy atom. The Balaban J connectivity index is 2.17. The number of hydrogen-bond donors (Lipinski definition) is 1. The molecule has 1 heterocycles. The molecule has 2 aromatic rings. The molecular weight excluding hydrogens is 450 g/mol. The van der Waals surface area contributed by atoms with Gasteiger partial charge in [0, 0.05) is 19.5 Å². The van der Waals surface area contributed by atoms with Crippen molar-refractivity contribution in [2.24, 2.45) is 0 Å². The molecule has 0 aromatic heterocycles. The van der Waals surface area contributed by atoms with Crippen LogP contribution in [0.5, 0.6) is 0 Å². The topological polar surface area (TPSA) is 66.5 Å². The molecule has 3 rings (SSSR count). The van der Waals surface area contributed by atoms with Crippen LogP contribution in [0.4, 0.5) is 26.3 Å². The van der Waals surface area contributed by atoms with Crippen molar-refractivity contribution in [1.29, 1.82) is 0 Å². The predicted molar refractivity (Wildman–Crippen MR) is 97.1 cm³/mol. The van der Waals surface area contributed by atoms with Crippen LogP contribution in [-0.4, -0.2) is 31.7 Å². The van der Waals surface area contributed by atoms with Gasteiger partial charge in [-0.1, -0.05) is 30.3 Å². The maximum atomic E-state index is 13.2. The standard InChI is InChI=1S/C19H16F6N2O3S/c20-18(21,22)13-8-14(19(23,24)25)10-15(9-13)31(29,30)27-7-6-26-17(28)11-16(27)12-4-2-1-3-5-12/h1-5,8-10,16H,6-7,11H2,(H,26,28). The van der Waals surface area contributed by atoms with E-state index in [0.29, 0.717) is 5.56 Å². The predicted octanol–water partition coefficient (Wildman–Crippen LogP) is 3.98. The summed E-state index contributed by atoms with van der Waals surface area (Å²) in [5.41, 5.74) is -3.09. The minimum absolute atomic E-state index is 0.138. The monoisotopic (exact) mass is 466 g/mol. The molecule has 12 heteroatoms. The highest BCUT2D eigenvalue weighted by atomic mass is 32.2. The van der Waals surface area contributed by atoms with Gasteiger partial charge in [0.25, 0.3) is 0 Å². The Bertz CT molecular complexity index is 1040. The van der Waals surface area contributed by atoms with E-state index in [1.807, 2.05) is 0 Å². The van der Waals surface area contributed by atoms with E-state index in [-0.39, 0.29) is 37.7 Å². The van der Waals surface area contributed by atoms with E-state index < -0.39 is 50.3 Å². The van der Waals surface area contributed by atoms with Crippen LogP contribution in [0.1, 0.15) is 29.2 Å². The minimum Gasteiger partial charge on any atom is -0.355 e. The summed E-state index contributed by atoms with van der Waals surface area (Å²) < 4.78 is 106. The largest absolute Gasteiger partial charge is 0.416 e. The van der Waals surface area contributed by atoms with Gasteiger partial charge in [-0.15, -0.1) is 0 Å². The van der Waals surface area contributed by atoms with E-state index in [1.54, 1.807) is 18.2 Å². The molecule has 1 N–H and O–H groups in total. The van der Waals surface area contributed by atoms with Gasteiger partial charge in [0.05, 0.1) is 22.1 Å². The Morgan fingerprint density at radius 2 is 1.45 bits per heavy atom. The van der Waals surface area contributed by atoms with Crippen LogP contribution in [0.15, 0.2) is 53.4 Å². The molecular formula is C19H16F6N2O3S. The summed E-state index contributed by atoms with van der Waals surface area (Å²) in [5.74, 6) is -0.494. The molecule has 1 unspecified atom stereocenters. The fraction of sp³-hybridized carbons (Fsp3) is 0.316. The first-order valence-corrected chi connectivity index (χ1v) is 10.4.